The molecular formula is C19H28N2O. The summed E-state index contributed by atoms with van der Waals surface area (Å²) in [5.74, 6) is 1.38. The number of para-hydroxylation sites is 1. The second-order valence-electron chi connectivity index (χ2n) is 7.06. The van der Waals surface area contributed by atoms with Crippen molar-refractivity contribution in [2.75, 3.05) is 18.0 Å². The van der Waals surface area contributed by atoms with Crippen LogP contribution in [0.3, 0.4) is 0 Å². The first-order chi connectivity index (χ1) is 10.7. The molecule has 2 aliphatic rings. The number of piperidine rings is 1. The van der Waals surface area contributed by atoms with E-state index in [0.717, 1.165) is 44.7 Å². The van der Waals surface area contributed by atoms with Crippen LogP contribution in [-0.4, -0.2) is 25.0 Å². The second kappa shape index (κ2) is 7.17. The van der Waals surface area contributed by atoms with Gasteiger partial charge in [0.05, 0.1) is 0 Å². The molecule has 3 heteroatoms. The van der Waals surface area contributed by atoms with Crippen molar-refractivity contribution < 1.29 is 4.79 Å². The fraction of sp³-hybridized carbons (Fsp3) is 0.632. The number of nitrogens with one attached hydrogen (secondary N) is 1. The van der Waals surface area contributed by atoms with Crippen molar-refractivity contribution >= 4 is 11.6 Å². The lowest BCUT2D eigenvalue weighted by Gasteiger charge is -2.35. The van der Waals surface area contributed by atoms with Crippen LogP contribution >= 0.6 is 0 Å². The molecule has 1 aromatic rings. The molecule has 1 amide bonds. The minimum absolute atomic E-state index is 0.267. The first-order valence-electron chi connectivity index (χ1n) is 8.83. The van der Waals surface area contributed by atoms with Crippen LogP contribution in [-0.2, 0) is 4.79 Å². The molecule has 1 aromatic carbocycles. The number of rotatable bonds is 3. The van der Waals surface area contributed by atoms with Gasteiger partial charge in [-0.2, -0.15) is 0 Å². The Morgan fingerprint density at radius 1 is 1.00 bits per heavy atom. The standard InChI is InChI=1S/C19H28N2O/c1-15-7-9-16(10-8-15)19(22)20-17-11-13-21(14-12-17)18-5-3-2-4-6-18/h2-6,15-17H,7-14H2,1H3,(H,20,22). The summed E-state index contributed by atoms with van der Waals surface area (Å²) >= 11 is 0. The fourth-order valence-corrected chi connectivity index (χ4v) is 3.76. The summed E-state index contributed by atoms with van der Waals surface area (Å²) < 4.78 is 0. The molecular weight excluding hydrogens is 272 g/mol. The normalized spacial score (nSPS) is 26.7. The van der Waals surface area contributed by atoms with Crippen molar-refractivity contribution in [2.24, 2.45) is 11.8 Å². The van der Waals surface area contributed by atoms with Crippen LogP contribution in [0.25, 0.3) is 0 Å². The van der Waals surface area contributed by atoms with Crippen molar-refractivity contribution in [3.05, 3.63) is 30.3 Å². The number of nitrogens with zero attached hydrogens (tertiary/aromatic N) is 1. The maximum atomic E-state index is 12.4. The van der Waals surface area contributed by atoms with E-state index in [4.69, 9.17) is 0 Å². The minimum atomic E-state index is 0.267. The Kier molecular flexibility index (Phi) is 5.01. The molecule has 0 aromatic heterocycles. The van der Waals surface area contributed by atoms with E-state index in [1.165, 1.54) is 18.5 Å². The molecule has 3 rings (SSSR count). The van der Waals surface area contributed by atoms with E-state index in [1.54, 1.807) is 0 Å². The smallest absolute Gasteiger partial charge is 0.223 e. The first kappa shape index (κ1) is 15.4. The molecule has 3 nitrogen and oxygen atoms in total. The average Bonchev–Trinajstić information content (AvgIpc) is 2.57. The number of hydrogen-bond acceptors (Lipinski definition) is 2. The van der Waals surface area contributed by atoms with Gasteiger partial charge in [0.25, 0.3) is 0 Å². The third kappa shape index (κ3) is 3.82. The molecule has 1 N–H and O–H groups in total. The van der Waals surface area contributed by atoms with Crippen molar-refractivity contribution in [3.8, 4) is 0 Å². The number of carbonyl (C=O) groups is 1. The molecule has 1 heterocycles. The lowest BCUT2D eigenvalue weighted by Crippen LogP contribution is -2.46. The van der Waals surface area contributed by atoms with E-state index in [0.29, 0.717) is 11.9 Å². The zero-order valence-corrected chi connectivity index (χ0v) is 13.6. The van der Waals surface area contributed by atoms with Crippen molar-refractivity contribution in [1.82, 2.24) is 5.32 Å². The zero-order chi connectivity index (χ0) is 15.4. The Balaban J connectivity index is 1.45. The maximum Gasteiger partial charge on any atom is 0.223 e. The number of benzene rings is 1. The molecule has 22 heavy (non-hydrogen) atoms. The maximum absolute atomic E-state index is 12.4. The third-order valence-electron chi connectivity index (χ3n) is 5.35. The van der Waals surface area contributed by atoms with Gasteiger partial charge in [-0.05, 0) is 56.6 Å². The summed E-state index contributed by atoms with van der Waals surface area (Å²) in [6, 6.07) is 10.9. The zero-order valence-electron chi connectivity index (χ0n) is 13.6. The molecule has 120 valence electrons. The summed E-state index contributed by atoms with van der Waals surface area (Å²) in [5, 5.41) is 3.31. The fourth-order valence-electron chi connectivity index (χ4n) is 3.76. The second-order valence-corrected chi connectivity index (χ2v) is 7.06. The summed E-state index contributed by atoms with van der Waals surface area (Å²) in [6.45, 7) is 4.38. The predicted molar refractivity (Wildman–Crippen MR) is 90.9 cm³/mol. The number of amides is 1. The van der Waals surface area contributed by atoms with Gasteiger partial charge in [0.2, 0.25) is 5.91 Å². The van der Waals surface area contributed by atoms with Crippen LogP contribution in [0.15, 0.2) is 30.3 Å². The van der Waals surface area contributed by atoms with Crippen molar-refractivity contribution in [2.45, 2.75) is 51.5 Å². The van der Waals surface area contributed by atoms with Gasteiger partial charge < -0.3 is 10.2 Å². The van der Waals surface area contributed by atoms with Crippen LogP contribution < -0.4 is 10.2 Å². The van der Waals surface area contributed by atoms with Gasteiger partial charge in [0.1, 0.15) is 0 Å². The lowest BCUT2D eigenvalue weighted by atomic mass is 9.82. The highest BCUT2D eigenvalue weighted by Crippen LogP contribution is 2.28. The number of hydrogen-bond donors (Lipinski definition) is 1. The molecule has 0 unspecified atom stereocenters. The van der Waals surface area contributed by atoms with Gasteiger partial charge in [-0.25, -0.2) is 0 Å². The summed E-state index contributed by atoms with van der Waals surface area (Å²) in [5.41, 5.74) is 1.30. The molecule has 2 fully saturated rings. The average molecular weight is 300 g/mol. The van der Waals surface area contributed by atoms with Gasteiger partial charge in [-0.3, -0.25) is 4.79 Å². The molecule has 1 saturated heterocycles. The van der Waals surface area contributed by atoms with E-state index in [-0.39, 0.29) is 5.92 Å². The van der Waals surface area contributed by atoms with E-state index in [9.17, 15) is 4.79 Å². The van der Waals surface area contributed by atoms with Gasteiger partial charge >= 0.3 is 0 Å². The Hall–Kier alpha value is -1.51. The first-order valence-corrected chi connectivity index (χ1v) is 8.83. The largest absolute Gasteiger partial charge is 0.371 e. The van der Waals surface area contributed by atoms with E-state index >= 15 is 0 Å². The molecule has 1 aliphatic carbocycles. The summed E-state index contributed by atoms with van der Waals surface area (Å²) in [4.78, 5) is 14.8. The molecule has 0 radical (unpaired) electrons. The highest BCUT2D eigenvalue weighted by molar-refractivity contribution is 5.79. The van der Waals surface area contributed by atoms with Crippen LogP contribution in [0.2, 0.25) is 0 Å². The molecule has 1 saturated carbocycles. The van der Waals surface area contributed by atoms with Gasteiger partial charge in [0, 0.05) is 30.7 Å². The van der Waals surface area contributed by atoms with Gasteiger partial charge in [-0.15, -0.1) is 0 Å². The van der Waals surface area contributed by atoms with Crippen LogP contribution in [0.5, 0.6) is 0 Å². The molecule has 0 spiro atoms. The van der Waals surface area contributed by atoms with Gasteiger partial charge in [0.15, 0.2) is 0 Å². The minimum Gasteiger partial charge on any atom is -0.371 e. The van der Waals surface area contributed by atoms with Crippen LogP contribution in [0.1, 0.15) is 45.4 Å². The van der Waals surface area contributed by atoms with E-state index in [2.05, 4.69) is 47.5 Å². The number of anilines is 1. The third-order valence-corrected chi connectivity index (χ3v) is 5.35. The van der Waals surface area contributed by atoms with Crippen LogP contribution in [0.4, 0.5) is 5.69 Å². The summed E-state index contributed by atoms with van der Waals surface area (Å²) in [7, 11) is 0. The highest BCUT2D eigenvalue weighted by Gasteiger charge is 2.27. The quantitative estimate of drug-likeness (QED) is 0.925. The SMILES string of the molecule is CC1CCC(C(=O)NC2CCN(c3ccccc3)CC2)CC1. The Labute approximate surface area is 134 Å². The topological polar surface area (TPSA) is 32.3 Å². The van der Waals surface area contributed by atoms with Crippen molar-refractivity contribution in [3.63, 3.8) is 0 Å². The molecule has 1 aliphatic heterocycles. The Morgan fingerprint density at radius 3 is 2.27 bits per heavy atom. The summed E-state index contributed by atoms with van der Waals surface area (Å²) in [6.07, 6.45) is 6.70. The monoisotopic (exact) mass is 300 g/mol. The highest BCUT2D eigenvalue weighted by atomic mass is 16.1. The predicted octanol–water partition coefficient (Wildman–Crippen LogP) is 3.60. The molecule has 0 atom stereocenters. The van der Waals surface area contributed by atoms with Gasteiger partial charge in [-0.1, -0.05) is 25.1 Å². The molecule has 0 bridgehead atoms. The Morgan fingerprint density at radius 2 is 1.64 bits per heavy atom. The van der Waals surface area contributed by atoms with E-state index < -0.39 is 0 Å². The number of carbonyl (C=O) groups excluding carboxylic acids is 1. The van der Waals surface area contributed by atoms with Crippen LogP contribution in [0, 0.1) is 11.8 Å². The Bertz CT molecular complexity index is 471. The van der Waals surface area contributed by atoms with Crippen molar-refractivity contribution in [1.29, 1.82) is 0 Å². The van der Waals surface area contributed by atoms with E-state index in [1.807, 2.05) is 0 Å². The lowest BCUT2D eigenvalue weighted by molar-refractivity contribution is -0.127.